The first kappa shape index (κ1) is 13.9. The van der Waals surface area contributed by atoms with Gasteiger partial charge in [-0.3, -0.25) is 9.69 Å². The van der Waals surface area contributed by atoms with E-state index in [1.807, 2.05) is 0 Å². The Morgan fingerprint density at radius 2 is 1.65 bits per heavy atom. The minimum Gasteiger partial charge on any atom is -0.336 e. The molecule has 1 amide bonds. The Kier molecular flexibility index (Phi) is 4.31. The number of amides is 1. The molecule has 0 radical (unpaired) electrons. The maximum Gasteiger partial charge on any atom is 0.226 e. The third kappa shape index (κ3) is 3.01. The van der Waals surface area contributed by atoms with Gasteiger partial charge in [-0.2, -0.15) is 0 Å². The minimum absolute atomic E-state index is 0.255. The van der Waals surface area contributed by atoms with Crippen LogP contribution in [0.2, 0.25) is 0 Å². The molecule has 0 N–H and O–H groups in total. The van der Waals surface area contributed by atoms with Gasteiger partial charge in [-0.1, -0.05) is 18.8 Å². The van der Waals surface area contributed by atoms with E-state index in [1.165, 1.54) is 38.5 Å². The first-order chi connectivity index (χ1) is 9.79. The lowest BCUT2D eigenvalue weighted by Crippen LogP contribution is -2.47. The number of piperidine rings is 1. The minimum atomic E-state index is 0.255. The summed E-state index contributed by atoms with van der Waals surface area (Å²) in [6.45, 7) is 2.71. The van der Waals surface area contributed by atoms with Gasteiger partial charge in [-0.05, 0) is 51.6 Å². The number of hydrogen-bond acceptors (Lipinski definition) is 2. The molecule has 3 heteroatoms. The molecule has 0 aromatic carbocycles. The van der Waals surface area contributed by atoms with Crippen LogP contribution in [0.4, 0.5) is 0 Å². The maximum atomic E-state index is 12.9. The molecule has 0 spiro atoms. The number of nitrogens with zero attached hydrogens (tertiary/aromatic N) is 2. The molecule has 0 atom stereocenters. The van der Waals surface area contributed by atoms with Gasteiger partial charge in [-0.25, -0.2) is 0 Å². The van der Waals surface area contributed by atoms with Gasteiger partial charge in [0.1, 0.15) is 0 Å². The number of terminal acetylenes is 1. The molecule has 3 rings (SSSR count). The van der Waals surface area contributed by atoms with E-state index in [0.717, 1.165) is 32.5 Å². The van der Waals surface area contributed by atoms with Crippen LogP contribution < -0.4 is 0 Å². The number of carbonyl (C=O) groups is 1. The second-order valence-electron chi connectivity index (χ2n) is 6.67. The van der Waals surface area contributed by atoms with E-state index in [1.54, 1.807) is 0 Å². The third-order valence-electron chi connectivity index (χ3n) is 5.16. The molecule has 0 unspecified atom stereocenters. The quantitative estimate of drug-likeness (QED) is 0.734. The van der Waals surface area contributed by atoms with Crippen molar-refractivity contribution in [1.82, 2.24) is 9.80 Å². The fourth-order valence-corrected chi connectivity index (χ4v) is 3.87. The highest BCUT2D eigenvalue weighted by Crippen LogP contribution is 2.36. The van der Waals surface area contributed by atoms with Crippen molar-refractivity contribution in [2.45, 2.75) is 63.5 Å². The van der Waals surface area contributed by atoms with Crippen molar-refractivity contribution in [2.75, 3.05) is 19.6 Å². The topological polar surface area (TPSA) is 23.6 Å². The zero-order valence-electron chi connectivity index (χ0n) is 12.4. The molecule has 1 saturated heterocycles. The molecule has 1 aliphatic heterocycles. The summed E-state index contributed by atoms with van der Waals surface area (Å²) in [7, 11) is 0. The van der Waals surface area contributed by atoms with Crippen LogP contribution in [0.25, 0.3) is 0 Å². The summed E-state index contributed by atoms with van der Waals surface area (Å²) in [5, 5.41) is 0. The number of rotatable bonds is 4. The van der Waals surface area contributed by atoms with Crippen molar-refractivity contribution in [1.29, 1.82) is 0 Å². The fourth-order valence-electron chi connectivity index (χ4n) is 3.87. The van der Waals surface area contributed by atoms with Gasteiger partial charge < -0.3 is 4.90 Å². The highest BCUT2D eigenvalue weighted by Gasteiger charge is 2.41. The molecule has 1 heterocycles. The summed E-state index contributed by atoms with van der Waals surface area (Å²) in [5.74, 6) is 3.42. The van der Waals surface area contributed by atoms with Gasteiger partial charge in [0, 0.05) is 18.0 Å². The Labute approximate surface area is 122 Å². The lowest BCUT2D eigenvalue weighted by molar-refractivity contribution is -0.140. The molecule has 110 valence electrons. The molecule has 0 aromatic rings. The Morgan fingerprint density at radius 1 is 1.05 bits per heavy atom. The first-order valence-corrected chi connectivity index (χ1v) is 8.27. The SMILES string of the molecule is C#CCN1CCC(C(=O)N(C2CCCC2)C2CC2)CC1. The summed E-state index contributed by atoms with van der Waals surface area (Å²) < 4.78 is 0. The molecular weight excluding hydrogens is 248 g/mol. The Hall–Kier alpha value is -1.01. The van der Waals surface area contributed by atoms with Crippen LogP contribution in [0.5, 0.6) is 0 Å². The summed E-state index contributed by atoms with van der Waals surface area (Å²) in [5.41, 5.74) is 0. The van der Waals surface area contributed by atoms with E-state index < -0.39 is 0 Å². The average Bonchev–Trinajstić information content (AvgIpc) is 3.14. The second-order valence-corrected chi connectivity index (χ2v) is 6.67. The molecule has 3 nitrogen and oxygen atoms in total. The molecule has 0 aromatic heterocycles. The van der Waals surface area contributed by atoms with Crippen LogP contribution in [0, 0.1) is 18.3 Å². The van der Waals surface area contributed by atoms with Crippen molar-refractivity contribution >= 4 is 5.91 Å². The zero-order valence-corrected chi connectivity index (χ0v) is 12.4. The monoisotopic (exact) mass is 274 g/mol. The molecular formula is C17H26N2O. The summed E-state index contributed by atoms with van der Waals surface area (Å²) in [6, 6.07) is 1.13. The van der Waals surface area contributed by atoms with Crippen molar-refractivity contribution in [2.24, 2.45) is 5.92 Å². The van der Waals surface area contributed by atoms with E-state index in [0.29, 0.717) is 18.0 Å². The van der Waals surface area contributed by atoms with Crippen molar-refractivity contribution in [3.8, 4) is 12.3 Å². The van der Waals surface area contributed by atoms with E-state index in [-0.39, 0.29) is 5.92 Å². The van der Waals surface area contributed by atoms with E-state index in [2.05, 4.69) is 15.7 Å². The first-order valence-electron chi connectivity index (χ1n) is 8.27. The van der Waals surface area contributed by atoms with E-state index in [4.69, 9.17) is 6.42 Å². The normalized spacial score (nSPS) is 25.6. The molecule has 3 fully saturated rings. The number of likely N-dealkylation sites (tertiary alicyclic amines) is 1. The van der Waals surface area contributed by atoms with Crippen LogP contribution >= 0.6 is 0 Å². The maximum absolute atomic E-state index is 12.9. The van der Waals surface area contributed by atoms with Crippen molar-refractivity contribution < 1.29 is 4.79 Å². The Balaban J connectivity index is 1.58. The van der Waals surface area contributed by atoms with Crippen LogP contribution in [-0.4, -0.2) is 47.4 Å². The summed E-state index contributed by atoms with van der Waals surface area (Å²) in [6.07, 6.45) is 14.9. The summed E-state index contributed by atoms with van der Waals surface area (Å²) >= 11 is 0. The number of carbonyl (C=O) groups excluding carboxylic acids is 1. The predicted molar refractivity (Wildman–Crippen MR) is 80.1 cm³/mol. The van der Waals surface area contributed by atoms with Crippen LogP contribution in [0.15, 0.2) is 0 Å². The fraction of sp³-hybridized carbons (Fsp3) is 0.824. The van der Waals surface area contributed by atoms with Gasteiger partial charge >= 0.3 is 0 Å². The van der Waals surface area contributed by atoms with Gasteiger partial charge in [0.05, 0.1) is 6.54 Å². The predicted octanol–water partition coefficient (Wildman–Crippen LogP) is 2.27. The molecule has 2 aliphatic carbocycles. The standard InChI is InChI=1S/C17H26N2O/c1-2-11-18-12-9-14(10-13-18)17(20)19(16-7-8-16)15-5-3-4-6-15/h1,14-16H,3-13H2. The molecule has 0 bridgehead atoms. The van der Waals surface area contributed by atoms with Gasteiger partial charge in [0.25, 0.3) is 0 Å². The van der Waals surface area contributed by atoms with E-state index >= 15 is 0 Å². The van der Waals surface area contributed by atoms with Gasteiger partial charge in [-0.15, -0.1) is 6.42 Å². The molecule has 2 saturated carbocycles. The van der Waals surface area contributed by atoms with Crippen LogP contribution in [-0.2, 0) is 4.79 Å². The average molecular weight is 274 g/mol. The summed E-state index contributed by atoms with van der Waals surface area (Å²) in [4.78, 5) is 17.5. The van der Waals surface area contributed by atoms with Gasteiger partial charge in [0.2, 0.25) is 5.91 Å². The van der Waals surface area contributed by atoms with E-state index in [9.17, 15) is 4.79 Å². The number of hydrogen-bond donors (Lipinski definition) is 0. The molecule has 3 aliphatic rings. The van der Waals surface area contributed by atoms with Crippen molar-refractivity contribution in [3.05, 3.63) is 0 Å². The van der Waals surface area contributed by atoms with Gasteiger partial charge in [0.15, 0.2) is 0 Å². The highest BCUT2D eigenvalue weighted by molar-refractivity contribution is 5.80. The lowest BCUT2D eigenvalue weighted by atomic mass is 9.94. The van der Waals surface area contributed by atoms with Crippen LogP contribution in [0.3, 0.4) is 0 Å². The lowest BCUT2D eigenvalue weighted by Gasteiger charge is -2.36. The van der Waals surface area contributed by atoms with Crippen LogP contribution in [0.1, 0.15) is 51.4 Å². The Morgan fingerprint density at radius 3 is 2.20 bits per heavy atom. The van der Waals surface area contributed by atoms with Crippen molar-refractivity contribution in [3.63, 3.8) is 0 Å². The third-order valence-corrected chi connectivity index (χ3v) is 5.16. The largest absolute Gasteiger partial charge is 0.336 e. The second kappa shape index (κ2) is 6.18. The Bertz CT molecular complexity index is 382. The zero-order chi connectivity index (χ0) is 13.9. The highest BCUT2D eigenvalue weighted by atomic mass is 16.2. The molecule has 20 heavy (non-hydrogen) atoms. The smallest absolute Gasteiger partial charge is 0.226 e.